The Morgan fingerprint density at radius 3 is 2.44 bits per heavy atom. The molecule has 1 aromatic carbocycles. The molecule has 0 atom stereocenters. The second kappa shape index (κ2) is 4.41. The van der Waals surface area contributed by atoms with E-state index in [1.165, 1.54) is 6.20 Å². The molecule has 0 radical (unpaired) electrons. The van der Waals surface area contributed by atoms with Crippen LogP contribution in [0.15, 0.2) is 42.7 Å². The second-order valence-electron chi connectivity index (χ2n) is 3.23. The van der Waals surface area contributed by atoms with Crippen molar-refractivity contribution < 1.29 is 9.18 Å². The Hall–Kier alpha value is -1.74. The van der Waals surface area contributed by atoms with Crippen molar-refractivity contribution in [3.05, 3.63) is 64.7 Å². The van der Waals surface area contributed by atoms with Crippen LogP contribution < -0.4 is 0 Å². The molecule has 0 saturated heterocycles. The first-order valence-corrected chi connectivity index (χ1v) is 4.95. The molecule has 0 spiro atoms. The fourth-order valence-corrected chi connectivity index (χ4v) is 1.43. The van der Waals surface area contributed by atoms with Crippen molar-refractivity contribution in [1.82, 2.24) is 4.98 Å². The highest BCUT2D eigenvalue weighted by atomic mass is 35.5. The third kappa shape index (κ3) is 2.25. The molecule has 0 amide bonds. The Labute approximate surface area is 96.7 Å². The van der Waals surface area contributed by atoms with Gasteiger partial charge in [0.1, 0.15) is 5.82 Å². The molecule has 0 bridgehead atoms. The van der Waals surface area contributed by atoms with Gasteiger partial charge >= 0.3 is 0 Å². The van der Waals surface area contributed by atoms with Gasteiger partial charge in [0, 0.05) is 22.3 Å². The molecule has 1 heterocycles. The molecule has 0 N–H and O–H groups in total. The maximum Gasteiger partial charge on any atom is 0.194 e. The highest BCUT2D eigenvalue weighted by molar-refractivity contribution is 6.30. The number of carbonyl (C=O) groups is 1. The molecule has 2 aromatic rings. The number of hydrogen-bond donors (Lipinski definition) is 0. The maximum absolute atomic E-state index is 12.9. The monoisotopic (exact) mass is 235 g/mol. The molecule has 0 aliphatic carbocycles. The molecule has 0 aliphatic rings. The zero-order chi connectivity index (χ0) is 11.5. The van der Waals surface area contributed by atoms with Gasteiger partial charge in [0.25, 0.3) is 0 Å². The lowest BCUT2D eigenvalue weighted by atomic mass is 10.1. The predicted molar refractivity (Wildman–Crippen MR) is 59.1 cm³/mol. The molecule has 0 fully saturated rings. The number of rotatable bonds is 2. The van der Waals surface area contributed by atoms with Crippen LogP contribution in [0.2, 0.25) is 5.02 Å². The van der Waals surface area contributed by atoms with Gasteiger partial charge in [-0.1, -0.05) is 11.6 Å². The largest absolute Gasteiger partial charge is 0.289 e. The fourth-order valence-electron chi connectivity index (χ4n) is 1.30. The van der Waals surface area contributed by atoms with E-state index < -0.39 is 5.82 Å². The summed E-state index contributed by atoms with van der Waals surface area (Å²) in [5.74, 6) is -0.802. The average Bonchev–Trinajstić information content (AvgIpc) is 2.29. The van der Waals surface area contributed by atoms with Crippen LogP contribution in [-0.4, -0.2) is 10.8 Å². The number of halogens is 2. The summed E-state index contributed by atoms with van der Waals surface area (Å²) in [6, 6.07) is 7.57. The van der Waals surface area contributed by atoms with E-state index in [2.05, 4.69) is 4.98 Å². The molecule has 0 unspecified atom stereocenters. The summed E-state index contributed by atoms with van der Waals surface area (Å²) in [6.45, 7) is 0. The van der Waals surface area contributed by atoms with E-state index in [1.807, 2.05) is 0 Å². The standard InChI is InChI=1S/C12H7ClFNO/c13-10-3-1-8(2-4-10)12(16)9-5-11(14)7-15-6-9/h1-7H. The molecule has 80 valence electrons. The van der Waals surface area contributed by atoms with Gasteiger partial charge in [-0.2, -0.15) is 0 Å². The Balaban J connectivity index is 2.35. The van der Waals surface area contributed by atoms with Crippen molar-refractivity contribution >= 4 is 17.4 Å². The first-order chi connectivity index (χ1) is 7.66. The van der Waals surface area contributed by atoms with E-state index in [0.717, 1.165) is 12.3 Å². The molecule has 16 heavy (non-hydrogen) atoms. The van der Waals surface area contributed by atoms with E-state index in [0.29, 0.717) is 10.6 Å². The van der Waals surface area contributed by atoms with Gasteiger partial charge in [0.15, 0.2) is 5.78 Å². The number of benzene rings is 1. The zero-order valence-electron chi connectivity index (χ0n) is 8.15. The fraction of sp³-hybridized carbons (Fsp3) is 0. The van der Waals surface area contributed by atoms with Crippen molar-refractivity contribution in [2.75, 3.05) is 0 Å². The van der Waals surface area contributed by atoms with Gasteiger partial charge in [-0.25, -0.2) is 4.39 Å². The number of aromatic nitrogens is 1. The minimum atomic E-state index is -0.528. The van der Waals surface area contributed by atoms with Gasteiger partial charge in [0.05, 0.1) is 6.20 Å². The van der Waals surface area contributed by atoms with Crippen LogP contribution in [-0.2, 0) is 0 Å². The Morgan fingerprint density at radius 1 is 1.12 bits per heavy atom. The Bertz CT molecular complexity index is 525. The topological polar surface area (TPSA) is 30.0 Å². The van der Waals surface area contributed by atoms with Gasteiger partial charge in [-0.05, 0) is 30.3 Å². The second-order valence-corrected chi connectivity index (χ2v) is 3.66. The van der Waals surface area contributed by atoms with Crippen LogP contribution in [0.4, 0.5) is 4.39 Å². The summed E-state index contributed by atoms with van der Waals surface area (Å²) >= 11 is 5.70. The first kappa shape index (κ1) is 10.8. The molecular formula is C12H7ClFNO. The number of hydrogen-bond acceptors (Lipinski definition) is 2. The number of pyridine rings is 1. The summed E-state index contributed by atoms with van der Waals surface area (Å²) in [4.78, 5) is 15.5. The minimum absolute atomic E-state index is 0.224. The van der Waals surface area contributed by atoms with Crippen LogP contribution >= 0.6 is 11.6 Å². The molecule has 0 aliphatic heterocycles. The molecule has 1 aromatic heterocycles. The molecule has 2 nitrogen and oxygen atoms in total. The quantitative estimate of drug-likeness (QED) is 0.749. The lowest BCUT2D eigenvalue weighted by molar-refractivity contribution is 0.103. The number of nitrogens with zero attached hydrogens (tertiary/aromatic N) is 1. The van der Waals surface area contributed by atoms with Gasteiger partial charge < -0.3 is 0 Å². The smallest absolute Gasteiger partial charge is 0.194 e. The summed E-state index contributed by atoms with van der Waals surface area (Å²) in [5.41, 5.74) is 0.680. The Kier molecular flexibility index (Phi) is 2.97. The number of ketones is 1. The maximum atomic E-state index is 12.9. The van der Waals surface area contributed by atoms with Crippen LogP contribution in [0, 0.1) is 5.82 Å². The van der Waals surface area contributed by atoms with Crippen LogP contribution in [0.5, 0.6) is 0 Å². The van der Waals surface area contributed by atoms with Gasteiger partial charge in [0.2, 0.25) is 0 Å². The van der Waals surface area contributed by atoms with E-state index >= 15 is 0 Å². The normalized spacial score (nSPS) is 10.1. The van der Waals surface area contributed by atoms with Crippen LogP contribution in [0.3, 0.4) is 0 Å². The van der Waals surface area contributed by atoms with E-state index in [1.54, 1.807) is 24.3 Å². The van der Waals surface area contributed by atoms with Crippen molar-refractivity contribution in [3.8, 4) is 0 Å². The zero-order valence-corrected chi connectivity index (χ0v) is 8.91. The third-order valence-electron chi connectivity index (χ3n) is 2.07. The van der Waals surface area contributed by atoms with Crippen molar-refractivity contribution in [2.24, 2.45) is 0 Å². The lowest BCUT2D eigenvalue weighted by Gasteiger charge is -2.00. The highest BCUT2D eigenvalue weighted by Gasteiger charge is 2.09. The van der Waals surface area contributed by atoms with Gasteiger partial charge in [-0.3, -0.25) is 9.78 Å². The summed E-state index contributed by atoms with van der Waals surface area (Å²) < 4.78 is 12.9. The van der Waals surface area contributed by atoms with E-state index in [9.17, 15) is 9.18 Å². The minimum Gasteiger partial charge on any atom is -0.289 e. The van der Waals surface area contributed by atoms with E-state index in [4.69, 9.17) is 11.6 Å². The Morgan fingerprint density at radius 2 is 1.81 bits per heavy atom. The predicted octanol–water partition coefficient (Wildman–Crippen LogP) is 3.11. The summed E-state index contributed by atoms with van der Waals surface area (Å²) in [7, 11) is 0. The van der Waals surface area contributed by atoms with E-state index in [-0.39, 0.29) is 11.3 Å². The highest BCUT2D eigenvalue weighted by Crippen LogP contribution is 2.13. The summed E-state index contributed by atoms with van der Waals surface area (Å²) in [5, 5.41) is 0.550. The van der Waals surface area contributed by atoms with Crippen LogP contribution in [0.1, 0.15) is 15.9 Å². The number of carbonyl (C=O) groups excluding carboxylic acids is 1. The summed E-state index contributed by atoms with van der Waals surface area (Å²) in [6.07, 6.45) is 2.39. The van der Waals surface area contributed by atoms with Crippen molar-refractivity contribution in [2.45, 2.75) is 0 Å². The van der Waals surface area contributed by atoms with Crippen LogP contribution in [0.25, 0.3) is 0 Å². The molecule has 2 rings (SSSR count). The van der Waals surface area contributed by atoms with Gasteiger partial charge in [-0.15, -0.1) is 0 Å². The average molecular weight is 236 g/mol. The third-order valence-corrected chi connectivity index (χ3v) is 2.33. The van der Waals surface area contributed by atoms with Crippen molar-refractivity contribution in [1.29, 1.82) is 0 Å². The molecular weight excluding hydrogens is 229 g/mol. The SMILES string of the molecule is O=C(c1ccc(Cl)cc1)c1cncc(F)c1. The lowest BCUT2D eigenvalue weighted by Crippen LogP contribution is -2.02. The van der Waals surface area contributed by atoms with Crippen molar-refractivity contribution in [3.63, 3.8) is 0 Å². The first-order valence-electron chi connectivity index (χ1n) is 4.57. The molecule has 4 heteroatoms. The molecule has 0 saturated carbocycles.